The van der Waals surface area contributed by atoms with E-state index in [4.69, 9.17) is 9.78 Å². The summed E-state index contributed by atoms with van der Waals surface area (Å²) < 4.78 is 0. The van der Waals surface area contributed by atoms with Gasteiger partial charge in [0.2, 0.25) is 0 Å². The Labute approximate surface area is 185 Å². The van der Waals surface area contributed by atoms with Crippen LogP contribution >= 0.6 is 0 Å². The van der Waals surface area contributed by atoms with Gasteiger partial charge in [-0.15, -0.1) is 0 Å². The molecule has 0 saturated heterocycles. The summed E-state index contributed by atoms with van der Waals surface area (Å²) in [7, 11) is 0. The van der Waals surface area contributed by atoms with Gasteiger partial charge in [0.15, 0.2) is 5.60 Å². The fraction of sp³-hybridized carbons (Fsp3) is 0.310. The Morgan fingerprint density at radius 1 is 0.742 bits per heavy atom. The maximum atomic E-state index is 6.57. The second kappa shape index (κ2) is 7.78. The predicted molar refractivity (Wildman–Crippen MR) is 124 cm³/mol. The molecule has 0 amide bonds. The smallest absolute Gasteiger partial charge is 0.179 e. The Morgan fingerprint density at radius 2 is 1.19 bits per heavy atom. The lowest BCUT2D eigenvalue weighted by Crippen LogP contribution is -2.54. The van der Waals surface area contributed by atoms with Crippen LogP contribution in [0.1, 0.15) is 43.4 Å². The van der Waals surface area contributed by atoms with E-state index >= 15 is 0 Å². The van der Waals surface area contributed by atoms with Crippen LogP contribution < -0.4 is 0 Å². The monoisotopic (exact) mass is 410 g/mol. The Bertz CT molecular complexity index is 943. The average molecular weight is 411 g/mol. The molecule has 3 fully saturated rings. The van der Waals surface area contributed by atoms with Crippen LogP contribution in [0.25, 0.3) is 0 Å². The molecule has 0 aromatic heterocycles. The van der Waals surface area contributed by atoms with Crippen LogP contribution in [-0.4, -0.2) is 6.10 Å². The number of benzene rings is 3. The van der Waals surface area contributed by atoms with Crippen molar-refractivity contribution in [1.82, 2.24) is 0 Å². The second-order valence-corrected chi connectivity index (χ2v) is 9.56. The van der Waals surface area contributed by atoms with E-state index in [0.717, 1.165) is 23.1 Å². The fourth-order valence-electron chi connectivity index (χ4n) is 5.57. The normalized spacial score (nSPS) is 24.5. The molecule has 3 unspecified atom stereocenters. The molecule has 0 aliphatic heterocycles. The summed E-state index contributed by atoms with van der Waals surface area (Å²) in [4.78, 5) is 12.9. The molecular formula is C29H30O2. The molecule has 31 heavy (non-hydrogen) atoms. The molecule has 2 bridgehead atoms. The van der Waals surface area contributed by atoms with Gasteiger partial charge in [-0.3, -0.25) is 0 Å². The van der Waals surface area contributed by atoms with E-state index in [-0.39, 0.29) is 6.10 Å². The van der Waals surface area contributed by atoms with Crippen LogP contribution in [-0.2, 0) is 15.4 Å². The fourth-order valence-corrected chi connectivity index (χ4v) is 5.57. The van der Waals surface area contributed by atoms with Gasteiger partial charge in [0.25, 0.3) is 0 Å². The van der Waals surface area contributed by atoms with Crippen molar-refractivity contribution in [1.29, 1.82) is 0 Å². The van der Waals surface area contributed by atoms with Gasteiger partial charge in [-0.05, 0) is 52.4 Å². The third-order valence-electron chi connectivity index (χ3n) is 7.66. The molecule has 0 N–H and O–H groups in total. The Kier molecular flexibility index (Phi) is 5.08. The highest BCUT2D eigenvalue weighted by Gasteiger charge is 2.56. The molecule has 158 valence electrons. The highest BCUT2D eigenvalue weighted by molar-refractivity contribution is 5.47. The van der Waals surface area contributed by atoms with Crippen molar-refractivity contribution in [3.05, 3.63) is 120 Å². The quantitative estimate of drug-likeness (QED) is 0.190. The van der Waals surface area contributed by atoms with Crippen LogP contribution in [0.5, 0.6) is 0 Å². The van der Waals surface area contributed by atoms with Crippen LogP contribution in [0.3, 0.4) is 0 Å². The largest absolute Gasteiger partial charge is 0.227 e. The summed E-state index contributed by atoms with van der Waals surface area (Å²) in [5.74, 6) is 1.18. The van der Waals surface area contributed by atoms with E-state index < -0.39 is 5.60 Å². The number of fused-ring (bicyclic) bond motifs is 2. The minimum atomic E-state index is -0.860. The number of hydrogen-bond acceptors (Lipinski definition) is 2. The minimum Gasteiger partial charge on any atom is -0.227 e. The molecule has 3 aliphatic rings. The first-order chi connectivity index (χ1) is 15.0. The van der Waals surface area contributed by atoms with Crippen molar-refractivity contribution in [2.24, 2.45) is 17.3 Å². The average Bonchev–Trinajstić information content (AvgIpc) is 2.82. The zero-order valence-electron chi connectivity index (χ0n) is 18.3. The van der Waals surface area contributed by atoms with Gasteiger partial charge in [-0.25, -0.2) is 9.78 Å². The molecule has 3 saturated carbocycles. The summed E-state index contributed by atoms with van der Waals surface area (Å²) in [5, 5.41) is 0. The van der Waals surface area contributed by atoms with Crippen LogP contribution in [0.2, 0.25) is 0 Å². The lowest BCUT2D eigenvalue weighted by Gasteiger charge is -2.59. The molecule has 3 aliphatic carbocycles. The van der Waals surface area contributed by atoms with Gasteiger partial charge in [-0.2, -0.15) is 0 Å². The Hall–Kier alpha value is -2.68. The van der Waals surface area contributed by atoms with E-state index in [1.54, 1.807) is 0 Å². The molecular weight excluding hydrogens is 380 g/mol. The molecule has 3 aromatic rings. The van der Waals surface area contributed by atoms with Crippen molar-refractivity contribution < 1.29 is 9.78 Å². The van der Waals surface area contributed by atoms with Gasteiger partial charge in [0.05, 0.1) is 0 Å². The summed E-state index contributed by atoms with van der Waals surface area (Å²) >= 11 is 0. The third kappa shape index (κ3) is 3.26. The van der Waals surface area contributed by atoms with Gasteiger partial charge >= 0.3 is 0 Å². The molecule has 2 nitrogen and oxygen atoms in total. The van der Waals surface area contributed by atoms with Crippen molar-refractivity contribution >= 4 is 0 Å². The van der Waals surface area contributed by atoms with Gasteiger partial charge < -0.3 is 0 Å². The predicted octanol–water partition coefficient (Wildman–Crippen LogP) is 6.92. The lowest BCUT2D eigenvalue weighted by atomic mass is 9.47. The first-order valence-corrected chi connectivity index (χ1v) is 11.2. The van der Waals surface area contributed by atoms with Gasteiger partial charge in [-0.1, -0.05) is 111 Å². The van der Waals surface area contributed by atoms with Gasteiger partial charge in [0, 0.05) is 0 Å². The molecule has 0 spiro atoms. The first-order valence-electron chi connectivity index (χ1n) is 11.2. The minimum absolute atomic E-state index is 0.0766. The van der Waals surface area contributed by atoms with Crippen LogP contribution in [0.15, 0.2) is 103 Å². The molecule has 0 heterocycles. The Balaban J connectivity index is 1.56. The number of rotatable bonds is 6. The molecule has 3 atom stereocenters. The van der Waals surface area contributed by atoms with E-state index in [1.165, 1.54) is 12.0 Å². The zero-order chi connectivity index (χ0) is 21.5. The van der Waals surface area contributed by atoms with Crippen molar-refractivity contribution in [3.63, 3.8) is 0 Å². The third-order valence-corrected chi connectivity index (χ3v) is 7.66. The summed E-state index contributed by atoms with van der Waals surface area (Å²) in [6, 6.07) is 31.1. The first kappa shape index (κ1) is 20.2. The molecule has 6 rings (SSSR count). The summed E-state index contributed by atoms with van der Waals surface area (Å²) in [5.41, 5.74) is 3.77. The van der Waals surface area contributed by atoms with Crippen LogP contribution in [0, 0.1) is 17.3 Å². The Morgan fingerprint density at radius 3 is 1.58 bits per heavy atom. The lowest BCUT2D eigenvalue weighted by molar-refractivity contribution is -0.373. The molecule has 0 radical (unpaired) electrons. The summed E-state index contributed by atoms with van der Waals surface area (Å²) in [6.07, 6.45) is 2.12. The molecule has 3 aromatic carbocycles. The highest BCUT2D eigenvalue weighted by Crippen LogP contribution is 2.61. The van der Waals surface area contributed by atoms with E-state index in [9.17, 15) is 0 Å². The standard InChI is InChI=1S/C29H30O2/c1-21-26-19-25(28(26,2)3)20-27(21)30-31-29(22-13-7-4-8-14-22,23-15-9-5-10-16-23)24-17-11-6-12-18-24/h4-18,25-27H,1,19-20H2,2-3H3. The maximum Gasteiger partial charge on any atom is 0.179 e. The van der Waals surface area contributed by atoms with E-state index in [0.29, 0.717) is 17.3 Å². The van der Waals surface area contributed by atoms with Crippen molar-refractivity contribution in [3.8, 4) is 0 Å². The van der Waals surface area contributed by atoms with E-state index in [1.807, 2.05) is 18.2 Å². The van der Waals surface area contributed by atoms with E-state index in [2.05, 4.69) is 93.2 Å². The zero-order valence-corrected chi connectivity index (χ0v) is 18.3. The van der Waals surface area contributed by atoms with Crippen molar-refractivity contribution in [2.75, 3.05) is 0 Å². The number of hydrogen-bond donors (Lipinski definition) is 0. The second-order valence-electron chi connectivity index (χ2n) is 9.56. The SMILES string of the molecule is C=C1C(OOC(c2ccccc2)(c2ccccc2)c2ccccc2)CC2CC1C2(C)C. The van der Waals surface area contributed by atoms with Crippen molar-refractivity contribution in [2.45, 2.75) is 38.4 Å². The maximum absolute atomic E-state index is 6.57. The van der Waals surface area contributed by atoms with Crippen LogP contribution in [0.4, 0.5) is 0 Å². The molecule has 2 heteroatoms. The summed E-state index contributed by atoms with van der Waals surface area (Å²) in [6.45, 7) is 9.14. The highest BCUT2D eigenvalue weighted by atomic mass is 17.2. The topological polar surface area (TPSA) is 18.5 Å². The van der Waals surface area contributed by atoms with Gasteiger partial charge in [0.1, 0.15) is 6.10 Å².